The van der Waals surface area contributed by atoms with Crippen LogP contribution in [0.25, 0.3) is 0 Å². The molecule has 1 aromatic carbocycles. The van der Waals surface area contributed by atoms with Crippen molar-refractivity contribution in [1.82, 2.24) is 9.80 Å². The van der Waals surface area contributed by atoms with E-state index in [1.165, 1.54) is 6.07 Å². The Morgan fingerprint density at radius 2 is 1.96 bits per heavy atom. The van der Waals surface area contributed by atoms with Gasteiger partial charge in [0.15, 0.2) is 0 Å². The van der Waals surface area contributed by atoms with E-state index in [4.69, 9.17) is 10.00 Å². The van der Waals surface area contributed by atoms with Gasteiger partial charge in [-0.1, -0.05) is 0 Å². The third kappa shape index (κ3) is 3.54. The predicted octanol–water partition coefficient (Wildman–Crippen LogP) is 1.27. The summed E-state index contributed by atoms with van der Waals surface area (Å²) in [7, 11) is 0. The second-order valence-electron chi connectivity index (χ2n) is 5.71. The van der Waals surface area contributed by atoms with E-state index in [1.54, 1.807) is 17.0 Å². The number of hydrogen-bond acceptors (Lipinski definition) is 5. The van der Waals surface area contributed by atoms with Crippen LogP contribution < -0.4 is 4.90 Å². The Morgan fingerprint density at radius 3 is 2.57 bits per heavy atom. The fourth-order valence-electron chi connectivity index (χ4n) is 2.94. The largest absolute Gasteiger partial charge is 0.448 e. The predicted molar refractivity (Wildman–Crippen MR) is 82.7 cm³/mol. The Bertz CT molecular complexity index is 623. The summed E-state index contributed by atoms with van der Waals surface area (Å²) in [5.74, 6) is -0.350. The minimum absolute atomic E-state index is 0.233. The molecule has 0 bridgehead atoms. The second kappa shape index (κ2) is 6.84. The highest BCUT2D eigenvalue weighted by atomic mass is 19.1. The van der Waals surface area contributed by atoms with Gasteiger partial charge in [-0.25, -0.2) is 9.18 Å². The van der Waals surface area contributed by atoms with Crippen molar-refractivity contribution in [3.8, 4) is 6.07 Å². The van der Waals surface area contributed by atoms with Crippen LogP contribution in [-0.2, 0) is 4.74 Å². The van der Waals surface area contributed by atoms with Crippen molar-refractivity contribution in [2.45, 2.75) is 0 Å². The summed E-state index contributed by atoms with van der Waals surface area (Å²) in [5.41, 5.74) is 0.883. The van der Waals surface area contributed by atoms with Crippen molar-refractivity contribution in [2.24, 2.45) is 0 Å². The van der Waals surface area contributed by atoms with Gasteiger partial charge in [0, 0.05) is 39.3 Å². The minimum Gasteiger partial charge on any atom is -0.448 e. The summed E-state index contributed by atoms with van der Waals surface area (Å²) < 4.78 is 19.0. The number of ether oxygens (including phenoxy) is 1. The smallest absolute Gasteiger partial charge is 0.409 e. The van der Waals surface area contributed by atoms with Gasteiger partial charge in [-0.3, -0.25) is 4.90 Å². The van der Waals surface area contributed by atoms with Gasteiger partial charge in [0.1, 0.15) is 12.4 Å². The van der Waals surface area contributed by atoms with Gasteiger partial charge in [-0.15, -0.1) is 0 Å². The lowest BCUT2D eigenvalue weighted by Gasteiger charge is -2.36. The van der Waals surface area contributed by atoms with Crippen molar-refractivity contribution in [3.63, 3.8) is 0 Å². The quantitative estimate of drug-likeness (QED) is 0.837. The normalized spacial score (nSPS) is 18.9. The van der Waals surface area contributed by atoms with E-state index in [1.807, 2.05) is 11.0 Å². The topological polar surface area (TPSA) is 59.8 Å². The average molecular weight is 318 g/mol. The molecular weight excluding hydrogens is 299 g/mol. The van der Waals surface area contributed by atoms with Crippen molar-refractivity contribution >= 4 is 11.8 Å². The number of anilines is 1. The monoisotopic (exact) mass is 318 g/mol. The third-order valence-electron chi connectivity index (χ3n) is 4.32. The summed E-state index contributed by atoms with van der Waals surface area (Å²) in [5, 5.41) is 8.79. The lowest BCUT2D eigenvalue weighted by molar-refractivity contribution is 0.152. The standard InChI is InChI=1S/C16H19FN4O2/c17-14-11-13(12-18)1-2-15(14)20-6-3-19(4-7-20)5-8-21-9-10-23-16(21)22/h1-2,11H,3-10H2. The highest BCUT2D eigenvalue weighted by molar-refractivity contribution is 5.69. The van der Waals surface area contributed by atoms with Crippen LogP contribution in [0.5, 0.6) is 0 Å². The molecule has 0 spiro atoms. The summed E-state index contributed by atoms with van der Waals surface area (Å²) in [4.78, 5) is 17.4. The number of hydrogen-bond donors (Lipinski definition) is 0. The molecule has 23 heavy (non-hydrogen) atoms. The highest BCUT2D eigenvalue weighted by Gasteiger charge is 2.24. The number of nitrogens with zero attached hydrogens (tertiary/aromatic N) is 4. The zero-order valence-corrected chi connectivity index (χ0v) is 12.9. The first kappa shape index (κ1) is 15.6. The number of piperazine rings is 1. The van der Waals surface area contributed by atoms with Crippen molar-refractivity contribution < 1.29 is 13.9 Å². The van der Waals surface area contributed by atoms with Crippen LogP contribution in [0.4, 0.5) is 14.9 Å². The molecule has 7 heteroatoms. The number of benzene rings is 1. The van der Waals surface area contributed by atoms with E-state index in [2.05, 4.69) is 4.90 Å². The van der Waals surface area contributed by atoms with Gasteiger partial charge in [-0.05, 0) is 18.2 Å². The van der Waals surface area contributed by atoms with Crippen LogP contribution in [0.1, 0.15) is 5.56 Å². The second-order valence-corrected chi connectivity index (χ2v) is 5.71. The number of nitriles is 1. The zero-order valence-electron chi connectivity index (χ0n) is 12.9. The zero-order chi connectivity index (χ0) is 16.2. The van der Waals surface area contributed by atoms with E-state index in [9.17, 15) is 9.18 Å². The van der Waals surface area contributed by atoms with Crippen molar-refractivity contribution in [1.29, 1.82) is 5.26 Å². The number of carbonyl (C=O) groups excluding carboxylic acids is 1. The molecule has 2 heterocycles. The number of rotatable bonds is 4. The van der Waals surface area contributed by atoms with Crippen LogP contribution in [0, 0.1) is 17.1 Å². The van der Waals surface area contributed by atoms with Crippen LogP contribution in [-0.4, -0.2) is 68.3 Å². The first-order chi connectivity index (χ1) is 11.2. The number of carbonyl (C=O) groups is 1. The first-order valence-corrected chi connectivity index (χ1v) is 7.76. The maximum absolute atomic E-state index is 14.0. The molecule has 0 aliphatic carbocycles. The maximum Gasteiger partial charge on any atom is 0.409 e. The molecule has 2 saturated heterocycles. The average Bonchev–Trinajstić information content (AvgIpc) is 2.98. The summed E-state index contributed by atoms with van der Waals surface area (Å²) in [6.07, 6.45) is -0.233. The van der Waals surface area contributed by atoms with Gasteiger partial charge in [0.2, 0.25) is 0 Å². The Kier molecular flexibility index (Phi) is 4.63. The molecule has 3 rings (SSSR count). The van der Waals surface area contributed by atoms with Gasteiger partial charge < -0.3 is 14.5 Å². The molecule has 0 N–H and O–H groups in total. The lowest BCUT2D eigenvalue weighted by atomic mass is 10.2. The summed E-state index contributed by atoms with van der Waals surface area (Å²) in [6, 6.07) is 6.53. The van der Waals surface area contributed by atoms with E-state index in [0.29, 0.717) is 30.9 Å². The maximum atomic E-state index is 14.0. The molecule has 0 atom stereocenters. The molecular formula is C16H19FN4O2. The van der Waals surface area contributed by atoms with E-state index in [-0.39, 0.29) is 11.9 Å². The molecule has 0 unspecified atom stereocenters. The minimum atomic E-state index is -0.350. The number of cyclic esters (lactones) is 1. The summed E-state index contributed by atoms with van der Waals surface area (Å²) >= 11 is 0. The number of halogens is 1. The van der Waals surface area contributed by atoms with Crippen LogP contribution in [0.3, 0.4) is 0 Å². The molecule has 2 aliphatic heterocycles. The van der Waals surface area contributed by atoms with Gasteiger partial charge in [-0.2, -0.15) is 5.26 Å². The fourth-order valence-corrected chi connectivity index (χ4v) is 2.94. The molecule has 122 valence electrons. The van der Waals surface area contributed by atoms with Gasteiger partial charge in [0.05, 0.1) is 23.9 Å². The Hall–Kier alpha value is -2.33. The molecule has 1 aromatic rings. The van der Waals surface area contributed by atoms with E-state index >= 15 is 0 Å². The highest BCUT2D eigenvalue weighted by Crippen LogP contribution is 2.21. The molecule has 2 fully saturated rings. The summed E-state index contributed by atoms with van der Waals surface area (Å²) in [6.45, 7) is 5.72. The molecule has 0 saturated carbocycles. The van der Waals surface area contributed by atoms with Crippen LogP contribution in [0.2, 0.25) is 0 Å². The molecule has 1 amide bonds. The van der Waals surface area contributed by atoms with E-state index < -0.39 is 0 Å². The Balaban J connectivity index is 1.50. The Morgan fingerprint density at radius 1 is 1.17 bits per heavy atom. The fraction of sp³-hybridized carbons (Fsp3) is 0.500. The third-order valence-corrected chi connectivity index (χ3v) is 4.32. The molecule has 0 radical (unpaired) electrons. The number of amides is 1. The first-order valence-electron chi connectivity index (χ1n) is 7.76. The van der Waals surface area contributed by atoms with Crippen molar-refractivity contribution in [2.75, 3.05) is 57.3 Å². The molecule has 2 aliphatic rings. The SMILES string of the molecule is N#Cc1ccc(N2CCN(CCN3CCOC3=O)CC2)c(F)c1. The van der Waals surface area contributed by atoms with Crippen molar-refractivity contribution in [3.05, 3.63) is 29.6 Å². The molecule has 6 nitrogen and oxygen atoms in total. The van der Waals surface area contributed by atoms with Crippen LogP contribution >= 0.6 is 0 Å². The van der Waals surface area contributed by atoms with Crippen LogP contribution in [0.15, 0.2) is 18.2 Å². The molecule has 0 aromatic heterocycles. The lowest BCUT2D eigenvalue weighted by Crippen LogP contribution is -2.48. The van der Waals surface area contributed by atoms with Gasteiger partial charge >= 0.3 is 6.09 Å². The Labute approximate surface area is 134 Å². The van der Waals surface area contributed by atoms with E-state index in [0.717, 1.165) is 32.7 Å². The van der Waals surface area contributed by atoms with Gasteiger partial charge in [0.25, 0.3) is 0 Å².